The summed E-state index contributed by atoms with van der Waals surface area (Å²) in [6.07, 6.45) is 0. The van der Waals surface area contributed by atoms with Crippen LogP contribution < -0.4 is 10.6 Å². The smallest absolute Gasteiger partial charge is 0.331 e. The summed E-state index contributed by atoms with van der Waals surface area (Å²) in [7, 11) is 0. The van der Waals surface area contributed by atoms with Gasteiger partial charge in [0.25, 0.3) is 0 Å². The number of aliphatic carboxylic acids is 1. The van der Waals surface area contributed by atoms with Crippen LogP contribution in [0.1, 0.15) is 17.8 Å². The zero-order chi connectivity index (χ0) is 11.3. The Morgan fingerprint density at radius 3 is 2.93 bits per heavy atom. The molecular formula is C9H12N2O2S2. The molecule has 0 spiro atoms. The largest absolute Gasteiger partial charge is 0.479 e. The summed E-state index contributed by atoms with van der Waals surface area (Å²) >= 11 is 6.33. The molecule has 0 amide bonds. The lowest BCUT2D eigenvalue weighted by Gasteiger charge is -2.15. The molecule has 1 unspecified atom stereocenters. The third kappa shape index (κ3) is 3.49. The number of carbonyl (C=O) groups is 1. The zero-order valence-electron chi connectivity index (χ0n) is 8.19. The molecule has 1 heterocycles. The lowest BCUT2D eigenvalue weighted by Crippen LogP contribution is -2.40. The van der Waals surface area contributed by atoms with E-state index in [0.717, 1.165) is 4.88 Å². The molecule has 0 aliphatic rings. The van der Waals surface area contributed by atoms with Crippen molar-refractivity contribution in [2.75, 3.05) is 6.54 Å². The van der Waals surface area contributed by atoms with E-state index in [1.807, 2.05) is 18.4 Å². The van der Waals surface area contributed by atoms with Gasteiger partial charge in [-0.25, -0.2) is 4.79 Å². The SMILES string of the molecule is CCNC(=S)NC(C(=O)O)c1cccs1. The molecule has 1 aromatic heterocycles. The van der Waals surface area contributed by atoms with Crippen LogP contribution in [0.15, 0.2) is 17.5 Å². The Morgan fingerprint density at radius 2 is 2.47 bits per heavy atom. The van der Waals surface area contributed by atoms with Gasteiger partial charge in [-0.15, -0.1) is 11.3 Å². The second-order valence-electron chi connectivity index (χ2n) is 2.79. The highest BCUT2D eigenvalue weighted by molar-refractivity contribution is 7.80. The Hall–Kier alpha value is -1.14. The fourth-order valence-electron chi connectivity index (χ4n) is 1.05. The van der Waals surface area contributed by atoms with Gasteiger partial charge in [0.1, 0.15) is 0 Å². The molecule has 1 rings (SSSR count). The number of nitrogens with one attached hydrogen (secondary N) is 2. The minimum Gasteiger partial charge on any atom is -0.479 e. The van der Waals surface area contributed by atoms with Crippen LogP contribution in [-0.2, 0) is 4.79 Å². The molecule has 15 heavy (non-hydrogen) atoms. The molecule has 6 heteroatoms. The Balaban J connectivity index is 2.68. The van der Waals surface area contributed by atoms with Gasteiger partial charge in [0.15, 0.2) is 11.2 Å². The Bertz CT molecular complexity index is 338. The maximum Gasteiger partial charge on any atom is 0.331 e. The van der Waals surface area contributed by atoms with E-state index in [0.29, 0.717) is 11.7 Å². The highest BCUT2D eigenvalue weighted by Crippen LogP contribution is 2.18. The number of hydrogen-bond acceptors (Lipinski definition) is 3. The van der Waals surface area contributed by atoms with Crippen molar-refractivity contribution in [3.05, 3.63) is 22.4 Å². The molecule has 0 saturated heterocycles. The van der Waals surface area contributed by atoms with Gasteiger partial charge in [-0.3, -0.25) is 0 Å². The summed E-state index contributed by atoms with van der Waals surface area (Å²) < 4.78 is 0. The maximum atomic E-state index is 11.0. The fourth-order valence-corrected chi connectivity index (χ4v) is 2.08. The second kappa shape index (κ2) is 5.67. The van der Waals surface area contributed by atoms with Gasteiger partial charge < -0.3 is 15.7 Å². The van der Waals surface area contributed by atoms with Crippen molar-refractivity contribution in [2.24, 2.45) is 0 Å². The van der Waals surface area contributed by atoms with Gasteiger partial charge in [-0.1, -0.05) is 6.07 Å². The molecule has 0 aliphatic heterocycles. The second-order valence-corrected chi connectivity index (χ2v) is 4.18. The molecule has 82 valence electrons. The van der Waals surface area contributed by atoms with Crippen LogP contribution in [0, 0.1) is 0 Å². The first kappa shape index (κ1) is 11.9. The standard InChI is InChI=1S/C9H12N2O2S2/c1-2-10-9(14)11-7(8(12)13)6-4-3-5-15-6/h3-5,7H,2H2,1H3,(H,12,13)(H2,10,11,14). The number of carboxylic acids is 1. The Kier molecular flexibility index (Phi) is 4.51. The first-order chi connectivity index (χ1) is 7.15. The minimum atomic E-state index is -0.933. The van der Waals surface area contributed by atoms with E-state index < -0.39 is 12.0 Å². The first-order valence-corrected chi connectivity index (χ1v) is 5.74. The third-order valence-electron chi connectivity index (χ3n) is 1.69. The van der Waals surface area contributed by atoms with Gasteiger partial charge in [0, 0.05) is 11.4 Å². The Labute approximate surface area is 97.3 Å². The summed E-state index contributed by atoms with van der Waals surface area (Å²) in [4.78, 5) is 11.7. The van der Waals surface area contributed by atoms with Crippen LogP contribution >= 0.6 is 23.6 Å². The van der Waals surface area contributed by atoms with Gasteiger partial charge in [-0.05, 0) is 30.6 Å². The van der Waals surface area contributed by atoms with E-state index in [1.165, 1.54) is 11.3 Å². The first-order valence-electron chi connectivity index (χ1n) is 4.45. The minimum absolute atomic E-state index is 0.360. The normalized spacial score (nSPS) is 11.8. The quantitative estimate of drug-likeness (QED) is 0.698. The number of thiophene rings is 1. The predicted molar refractivity (Wildman–Crippen MR) is 64.1 cm³/mol. The van der Waals surface area contributed by atoms with Gasteiger partial charge >= 0.3 is 5.97 Å². The van der Waals surface area contributed by atoms with Crippen molar-refractivity contribution in [1.29, 1.82) is 0 Å². The molecule has 0 aliphatic carbocycles. The molecular weight excluding hydrogens is 232 g/mol. The molecule has 3 N–H and O–H groups in total. The number of thiocarbonyl (C=S) groups is 1. The highest BCUT2D eigenvalue weighted by Gasteiger charge is 2.21. The summed E-state index contributed by atoms with van der Waals surface area (Å²) in [5.74, 6) is -0.933. The van der Waals surface area contributed by atoms with Crippen LogP contribution in [-0.4, -0.2) is 22.7 Å². The molecule has 0 bridgehead atoms. The molecule has 4 nitrogen and oxygen atoms in total. The monoisotopic (exact) mass is 244 g/mol. The van der Waals surface area contributed by atoms with Gasteiger partial charge in [-0.2, -0.15) is 0 Å². The average Bonchev–Trinajstić information content (AvgIpc) is 2.66. The summed E-state index contributed by atoms with van der Waals surface area (Å²) in [5.41, 5.74) is 0. The summed E-state index contributed by atoms with van der Waals surface area (Å²) in [6.45, 7) is 2.57. The van der Waals surface area contributed by atoms with Crippen molar-refractivity contribution >= 4 is 34.6 Å². The fraction of sp³-hybridized carbons (Fsp3) is 0.333. The third-order valence-corrected chi connectivity index (χ3v) is 2.89. The van der Waals surface area contributed by atoms with E-state index >= 15 is 0 Å². The molecule has 0 aromatic carbocycles. The topological polar surface area (TPSA) is 61.4 Å². The van der Waals surface area contributed by atoms with Gasteiger partial charge in [0.2, 0.25) is 0 Å². The van der Waals surface area contributed by atoms with Crippen molar-refractivity contribution < 1.29 is 9.90 Å². The van der Waals surface area contributed by atoms with Crippen molar-refractivity contribution in [1.82, 2.24) is 10.6 Å². The zero-order valence-corrected chi connectivity index (χ0v) is 9.82. The molecule has 0 radical (unpaired) electrons. The summed E-state index contributed by atoms with van der Waals surface area (Å²) in [5, 5.41) is 16.8. The maximum absolute atomic E-state index is 11.0. The highest BCUT2D eigenvalue weighted by atomic mass is 32.1. The van der Waals surface area contributed by atoms with E-state index in [4.69, 9.17) is 17.3 Å². The van der Waals surface area contributed by atoms with Crippen molar-refractivity contribution in [2.45, 2.75) is 13.0 Å². The predicted octanol–water partition coefficient (Wildman–Crippen LogP) is 1.36. The lowest BCUT2D eigenvalue weighted by molar-refractivity contribution is -0.139. The van der Waals surface area contributed by atoms with Crippen LogP contribution in [0.2, 0.25) is 0 Å². The van der Waals surface area contributed by atoms with Gasteiger partial charge in [0.05, 0.1) is 0 Å². The molecule has 0 fully saturated rings. The van der Waals surface area contributed by atoms with Crippen molar-refractivity contribution in [3.8, 4) is 0 Å². The molecule has 1 atom stereocenters. The van der Waals surface area contributed by atoms with Crippen LogP contribution in [0.25, 0.3) is 0 Å². The molecule has 0 saturated carbocycles. The number of hydrogen-bond donors (Lipinski definition) is 3. The van der Waals surface area contributed by atoms with E-state index in [2.05, 4.69) is 10.6 Å². The van der Waals surface area contributed by atoms with E-state index in [9.17, 15) is 4.79 Å². The Morgan fingerprint density at radius 1 is 1.73 bits per heavy atom. The summed E-state index contributed by atoms with van der Waals surface area (Å²) in [6, 6.07) is 2.82. The van der Waals surface area contributed by atoms with E-state index in [-0.39, 0.29) is 0 Å². The lowest BCUT2D eigenvalue weighted by atomic mass is 10.2. The van der Waals surface area contributed by atoms with Crippen LogP contribution in [0.5, 0.6) is 0 Å². The average molecular weight is 244 g/mol. The van der Waals surface area contributed by atoms with E-state index in [1.54, 1.807) is 6.07 Å². The number of carboxylic acid groups (broad SMARTS) is 1. The van der Waals surface area contributed by atoms with Crippen LogP contribution in [0.4, 0.5) is 0 Å². The molecule has 1 aromatic rings. The van der Waals surface area contributed by atoms with Crippen molar-refractivity contribution in [3.63, 3.8) is 0 Å². The van der Waals surface area contributed by atoms with Crippen LogP contribution in [0.3, 0.4) is 0 Å². The number of rotatable bonds is 4.